The van der Waals surface area contributed by atoms with E-state index in [1.807, 2.05) is 24.0 Å². The van der Waals surface area contributed by atoms with Gasteiger partial charge in [0.15, 0.2) is 5.96 Å². The van der Waals surface area contributed by atoms with E-state index >= 15 is 0 Å². The molecule has 0 aliphatic rings. The Bertz CT molecular complexity index is 380. The first kappa shape index (κ1) is 14.5. The highest BCUT2D eigenvalue weighted by Crippen LogP contribution is 1.99. The van der Waals surface area contributed by atoms with Gasteiger partial charge >= 0.3 is 0 Å². The fourth-order valence-corrected chi connectivity index (χ4v) is 1.46. The minimum absolute atomic E-state index is 0.406. The van der Waals surface area contributed by atoms with Crippen molar-refractivity contribution in [2.45, 2.75) is 40.3 Å². The van der Waals surface area contributed by atoms with E-state index in [9.17, 15) is 0 Å². The van der Waals surface area contributed by atoms with E-state index in [0.29, 0.717) is 12.0 Å². The van der Waals surface area contributed by atoms with Gasteiger partial charge in [-0.3, -0.25) is 9.67 Å². The lowest BCUT2D eigenvalue weighted by atomic mass is 10.1. The zero-order chi connectivity index (χ0) is 13.5. The van der Waals surface area contributed by atoms with Crippen molar-refractivity contribution < 1.29 is 0 Å². The molecule has 1 aromatic rings. The number of hydrogen-bond donors (Lipinski definition) is 2. The number of aromatic nitrogens is 2. The molecule has 1 atom stereocenters. The topological polar surface area (TPSA) is 54.2 Å². The summed E-state index contributed by atoms with van der Waals surface area (Å²) < 4.78 is 1.93. The molecule has 0 amide bonds. The summed E-state index contributed by atoms with van der Waals surface area (Å²) in [6.45, 7) is 10.2. The quantitative estimate of drug-likeness (QED) is 0.614. The van der Waals surface area contributed by atoms with Crippen molar-refractivity contribution in [3.05, 3.63) is 18.0 Å². The minimum atomic E-state index is 0.406. The maximum Gasteiger partial charge on any atom is 0.191 e. The molecule has 18 heavy (non-hydrogen) atoms. The first-order valence-electron chi connectivity index (χ1n) is 6.49. The van der Waals surface area contributed by atoms with Crippen LogP contribution in [0, 0.1) is 12.8 Å². The number of guanidine groups is 1. The smallest absolute Gasteiger partial charge is 0.191 e. The monoisotopic (exact) mass is 251 g/mol. The number of hydrogen-bond acceptors (Lipinski definition) is 2. The lowest BCUT2D eigenvalue weighted by molar-refractivity contribution is 0.479. The second kappa shape index (κ2) is 7.03. The molecule has 1 unspecified atom stereocenters. The molecule has 1 heterocycles. The molecule has 0 spiro atoms. The average molecular weight is 251 g/mol. The molecule has 0 radical (unpaired) electrons. The van der Waals surface area contributed by atoms with Crippen molar-refractivity contribution in [2.75, 3.05) is 13.6 Å². The van der Waals surface area contributed by atoms with Gasteiger partial charge in [0, 0.05) is 25.8 Å². The van der Waals surface area contributed by atoms with E-state index < -0.39 is 0 Å². The Hall–Kier alpha value is -1.52. The van der Waals surface area contributed by atoms with Crippen LogP contribution in [0.1, 0.15) is 26.3 Å². The number of nitrogens with one attached hydrogen (secondary N) is 2. The number of rotatable bonds is 5. The summed E-state index contributed by atoms with van der Waals surface area (Å²) in [5.74, 6) is 1.43. The number of aliphatic imine (C=N–C) groups is 1. The third-order valence-corrected chi connectivity index (χ3v) is 2.98. The van der Waals surface area contributed by atoms with Crippen molar-refractivity contribution in [3.8, 4) is 0 Å². The molecular formula is C13H25N5. The molecule has 2 N–H and O–H groups in total. The molecule has 1 aromatic heterocycles. The van der Waals surface area contributed by atoms with Crippen LogP contribution in [-0.4, -0.2) is 35.4 Å². The summed E-state index contributed by atoms with van der Waals surface area (Å²) in [4.78, 5) is 4.21. The highest BCUT2D eigenvalue weighted by Gasteiger charge is 2.08. The van der Waals surface area contributed by atoms with Gasteiger partial charge in [0.05, 0.1) is 12.7 Å². The Morgan fingerprint density at radius 2 is 2.17 bits per heavy atom. The first-order chi connectivity index (χ1) is 8.52. The number of nitrogens with zero attached hydrogens (tertiary/aromatic N) is 3. The van der Waals surface area contributed by atoms with Crippen LogP contribution in [0.2, 0.25) is 0 Å². The van der Waals surface area contributed by atoms with Gasteiger partial charge in [-0.2, -0.15) is 5.10 Å². The van der Waals surface area contributed by atoms with Crippen molar-refractivity contribution in [2.24, 2.45) is 10.9 Å². The third-order valence-electron chi connectivity index (χ3n) is 2.98. The number of aryl methyl sites for hydroxylation is 1. The fourth-order valence-electron chi connectivity index (χ4n) is 1.46. The largest absolute Gasteiger partial charge is 0.355 e. The Morgan fingerprint density at radius 1 is 1.44 bits per heavy atom. The van der Waals surface area contributed by atoms with Gasteiger partial charge in [0.1, 0.15) is 0 Å². The summed E-state index contributed by atoms with van der Waals surface area (Å²) in [6, 6.07) is 0.406. The van der Waals surface area contributed by atoms with Gasteiger partial charge in [-0.15, -0.1) is 0 Å². The predicted molar refractivity (Wildman–Crippen MR) is 75.8 cm³/mol. The predicted octanol–water partition coefficient (Wildman–Crippen LogP) is 1.40. The Labute approximate surface area is 110 Å². The summed E-state index contributed by atoms with van der Waals surface area (Å²) in [5.41, 5.74) is 1.19. The van der Waals surface area contributed by atoms with Crippen LogP contribution in [0.25, 0.3) is 0 Å². The van der Waals surface area contributed by atoms with Gasteiger partial charge in [0.2, 0.25) is 0 Å². The highest BCUT2D eigenvalue weighted by molar-refractivity contribution is 5.79. The zero-order valence-corrected chi connectivity index (χ0v) is 12.1. The summed E-state index contributed by atoms with van der Waals surface area (Å²) in [5, 5.41) is 10.9. The standard InChI is InChI=1S/C13H25N5/c1-10(2)12(4)17-13(14-5)15-6-7-18-9-11(3)8-16-18/h8-10,12H,6-7H2,1-5H3,(H2,14,15,17). The average Bonchev–Trinajstić information content (AvgIpc) is 2.73. The van der Waals surface area contributed by atoms with E-state index in [1.165, 1.54) is 5.56 Å². The molecular weight excluding hydrogens is 226 g/mol. The van der Waals surface area contributed by atoms with Gasteiger partial charge in [-0.05, 0) is 25.3 Å². The molecule has 102 valence electrons. The van der Waals surface area contributed by atoms with E-state index in [1.54, 1.807) is 7.05 Å². The maximum absolute atomic E-state index is 4.24. The van der Waals surface area contributed by atoms with Crippen LogP contribution in [-0.2, 0) is 6.54 Å². The Balaban J connectivity index is 2.32. The second-order valence-corrected chi connectivity index (χ2v) is 4.96. The summed E-state index contributed by atoms with van der Waals surface area (Å²) in [7, 11) is 1.79. The molecule has 0 aliphatic carbocycles. The maximum atomic E-state index is 4.24. The fraction of sp³-hybridized carbons (Fsp3) is 0.692. The normalized spacial score (nSPS) is 13.8. The molecule has 0 fully saturated rings. The van der Waals surface area contributed by atoms with E-state index in [0.717, 1.165) is 19.0 Å². The lowest BCUT2D eigenvalue weighted by Crippen LogP contribution is -2.45. The summed E-state index contributed by atoms with van der Waals surface area (Å²) in [6.07, 6.45) is 3.91. The molecule has 5 heteroatoms. The van der Waals surface area contributed by atoms with Crippen molar-refractivity contribution in [1.82, 2.24) is 20.4 Å². The minimum Gasteiger partial charge on any atom is -0.355 e. The van der Waals surface area contributed by atoms with Crippen LogP contribution >= 0.6 is 0 Å². The first-order valence-corrected chi connectivity index (χ1v) is 6.49. The van der Waals surface area contributed by atoms with Crippen LogP contribution in [0.4, 0.5) is 0 Å². The molecule has 0 saturated carbocycles. The molecule has 0 bridgehead atoms. The van der Waals surface area contributed by atoms with Crippen LogP contribution in [0.5, 0.6) is 0 Å². The van der Waals surface area contributed by atoms with Crippen molar-refractivity contribution in [1.29, 1.82) is 0 Å². The van der Waals surface area contributed by atoms with E-state index in [4.69, 9.17) is 0 Å². The van der Waals surface area contributed by atoms with Crippen molar-refractivity contribution >= 4 is 5.96 Å². The second-order valence-electron chi connectivity index (χ2n) is 4.96. The van der Waals surface area contributed by atoms with Crippen LogP contribution in [0.15, 0.2) is 17.4 Å². The molecule has 5 nitrogen and oxygen atoms in total. The van der Waals surface area contributed by atoms with Gasteiger partial charge in [0.25, 0.3) is 0 Å². The zero-order valence-electron chi connectivity index (χ0n) is 12.1. The summed E-state index contributed by atoms with van der Waals surface area (Å²) >= 11 is 0. The van der Waals surface area contributed by atoms with Gasteiger partial charge in [-0.1, -0.05) is 13.8 Å². The van der Waals surface area contributed by atoms with E-state index in [-0.39, 0.29) is 0 Å². The van der Waals surface area contributed by atoms with Crippen LogP contribution < -0.4 is 10.6 Å². The van der Waals surface area contributed by atoms with Crippen LogP contribution in [0.3, 0.4) is 0 Å². The third kappa shape index (κ3) is 4.77. The Kier molecular flexibility index (Phi) is 5.68. The SMILES string of the molecule is CN=C(NCCn1cc(C)cn1)NC(C)C(C)C. The highest BCUT2D eigenvalue weighted by atomic mass is 15.3. The van der Waals surface area contributed by atoms with E-state index in [2.05, 4.69) is 41.5 Å². The van der Waals surface area contributed by atoms with Gasteiger partial charge < -0.3 is 10.6 Å². The molecule has 0 aromatic carbocycles. The molecule has 0 saturated heterocycles. The molecule has 0 aliphatic heterocycles. The Morgan fingerprint density at radius 3 is 2.67 bits per heavy atom. The lowest BCUT2D eigenvalue weighted by Gasteiger charge is -2.20. The van der Waals surface area contributed by atoms with Gasteiger partial charge in [-0.25, -0.2) is 0 Å². The molecule has 1 rings (SSSR count). The van der Waals surface area contributed by atoms with Crippen molar-refractivity contribution in [3.63, 3.8) is 0 Å².